The van der Waals surface area contributed by atoms with E-state index in [0.717, 1.165) is 46.7 Å². The fraction of sp³-hybridized carbons (Fsp3) is 0.130. The van der Waals surface area contributed by atoms with Crippen molar-refractivity contribution in [2.45, 2.75) is 19.1 Å². The Labute approximate surface area is 177 Å². The van der Waals surface area contributed by atoms with E-state index in [1.807, 2.05) is 6.07 Å². The van der Waals surface area contributed by atoms with Crippen LogP contribution in [-0.2, 0) is 12.2 Å². The second-order valence-electron chi connectivity index (χ2n) is 7.04. The van der Waals surface area contributed by atoms with Crippen molar-refractivity contribution in [1.82, 2.24) is 0 Å². The van der Waals surface area contributed by atoms with Crippen LogP contribution >= 0.6 is 11.8 Å². The van der Waals surface area contributed by atoms with Gasteiger partial charge < -0.3 is 10.6 Å². The molecule has 2 amide bonds. The first kappa shape index (κ1) is 20.1. The summed E-state index contributed by atoms with van der Waals surface area (Å²) in [6, 6.07) is 16.2. The second kappa shape index (κ2) is 8.67. The lowest BCUT2D eigenvalue weighted by atomic mass is 10.1. The monoisotopic (exact) mass is 423 g/mol. The van der Waals surface area contributed by atoms with Gasteiger partial charge in [-0.1, -0.05) is 35.9 Å². The summed E-state index contributed by atoms with van der Waals surface area (Å²) in [5.41, 5.74) is 4.99. The Balaban J connectivity index is 1.37. The minimum Gasteiger partial charge on any atom is -0.308 e. The number of anilines is 2. The van der Waals surface area contributed by atoms with Crippen LogP contribution in [0.15, 0.2) is 65.7 Å². The number of amides is 2. The van der Waals surface area contributed by atoms with Crippen LogP contribution in [0.2, 0.25) is 0 Å². The topological polar surface area (TPSA) is 53.5 Å². The van der Waals surface area contributed by atoms with Crippen LogP contribution in [0.25, 0.3) is 0 Å². The average molecular weight is 423 g/mol. The van der Waals surface area contributed by atoms with E-state index in [1.54, 1.807) is 23.9 Å². The molecule has 1 aliphatic rings. The van der Waals surface area contributed by atoms with Crippen LogP contribution in [0.5, 0.6) is 0 Å². The Morgan fingerprint density at radius 2 is 1.67 bits per heavy atom. The lowest BCUT2D eigenvalue weighted by Gasteiger charge is -2.09. The summed E-state index contributed by atoms with van der Waals surface area (Å²) in [4.78, 5) is 16.8. The molecule has 7 heteroatoms. The number of nitrogens with zero attached hydrogens (tertiary/aromatic N) is 1. The third-order valence-corrected chi connectivity index (χ3v) is 5.62. The highest BCUT2D eigenvalue weighted by atomic mass is 32.2. The molecule has 0 radical (unpaired) electrons. The van der Waals surface area contributed by atoms with Gasteiger partial charge in [0.2, 0.25) is 0 Å². The molecule has 0 saturated heterocycles. The fourth-order valence-electron chi connectivity index (χ4n) is 3.09. The van der Waals surface area contributed by atoms with Crippen molar-refractivity contribution in [2.24, 2.45) is 4.99 Å². The van der Waals surface area contributed by atoms with Gasteiger partial charge in [0.25, 0.3) is 0 Å². The number of thioether (sulfide) groups is 1. The minimum atomic E-state index is -0.757. The molecule has 0 spiro atoms. The van der Waals surface area contributed by atoms with Gasteiger partial charge in [0.1, 0.15) is 11.6 Å². The number of carbonyl (C=O) groups is 1. The summed E-state index contributed by atoms with van der Waals surface area (Å²) in [6.07, 6.45) is 0.765. The molecular weight excluding hydrogens is 404 g/mol. The summed E-state index contributed by atoms with van der Waals surface area (Å²) in [5.74, 6) is -0.661. The molecule has 30 heavy (non-hydrogen) atoms. The number of halogens is 2. The number of hydrogen-bond acceptors (Lipinski definition) is 3. The maximum Gasteiger partial charge on any atom is 0.323 e. The number of rotatable bonds is 4. The molecule has 0 unspecified atom stereocenters. The van der Waals surface area contributed by atoms with Crippen LogP contribution in [0.3, 0.4) is 0 Å². The number of hydrogen-bond donors (Lipinski definition) is 2. The molecule has 2 N–H and O–H groups in total. The quantitative estimate of drug-likeness (QED) is 0.508. The van der Waals surface area contributed by atoms with Crippen LogP contribution in [0.1, 0.15) is 16.7 Å². The van der Waals surface area contributed by atoms with Crippen molar-refractivity contribution in [3.63, 3.8) is 0 Å². The number of fused-ring (bicyclic) bond motifs is 1. The van der Waals surface area contributed by atoms with E-state index in [4.69, 9.17) is 0 Å². The van der Waals surface area contributed by atoms with Gasteiger partial charge in [-0.15, -0.1) is 11.8 Å². The highest BCUT2D eigenvalue weighted by molar-refractivity contribution is 8.13. The summed E-state index contributed by atoms with van der Waals surface area (Å²) >= 11 is 1.70. The first-order valence-corrected chi connectivity index (χ1v) is 10.4. The van der Waals surface area contributed by atoms with E-state index in [1.165, 1.54) is 11.1 Å². The van der Waals surface area contributed by atoms with Gasteiger partial charge in [-0.05, 0) is 42.3 Å². The van der Waals surface area contributed by atoms with Gasteiger partial charge in [-0.25, -0.2) is 18.6 Å². The highest BCUT2D eigenvalue weighted by Gasteiger charge is 2.16. The highest BCUT2D eigenvalue weighted by Crippen LogP contribution is 2.33. The lowest BCUT2D eigenvalue weighted by molar-refractivity contribution is 0.262. The number of nitrogens with one attached hydrogen (secondary N) is 2. The van der Waals surface area contributed by atoms with Crippen LogP contribution in [0, 0.1) is 18.6 Å². The Hall–Kier alpha value is -3.19. The van der Waals surface area contributed by atoms with Crippen molar-refractivity contribution in [3.05, 3.63) is 89.0 Å². The van der Waals surface area contributed by atoms with Crippen LogP contribution in [0.4, 0.5) is 30.6 Å². The summed E-state index contributed by atoms with van der Waals surface area (Å²) in [5, 5.41) is 6.12. The Morgan fingerprint density at radius 1 is 0.967 bits per heavy atom. The zero-order valence-corrected chi connectivity index (χ0v) is 17.0. The van der Waals surface area contributed by atoms with Crippen molar-refractivity contribution in [2.75, 3.05) is 10.6 Å². The van der Waals surface area contributed by atoms with Crippen molar-refractivity contribution < 1.29 is 13.6 Å². The van der Waals surface area contributed by atoms with Crippen LogP contribution < -0.4 is 10.6 Å². The molecule has 1 heterocycles. The normalized spacial score (nSPS) is 12.3. The first-order chi connectivity index (χ1) is 14.4. The zero-order chi connectivity index (χ0) is 21.1. The molecular formula is C23H19F2N3OS. The minimum absolute atomic E-state index is 0.0407. The Bertz CT molecular complexity index is 1110. The molecule has 4 rings (SSSR count). The number of urea groups is 1. The maximum absolute atomic E-state index is 13.3. The molecule has 3 aromatic rings. The summed E-state index contributed by atoms with van der Waals surface area (Å²) in [7, 11) is 0. The maximum atomic E-state index is 13.3. The molecule has 0 aromatic heterocycles. The smallest absolute Gasteiger partial charge is 0.308 e. The largest absolute Gasteiger partial charge is 0.323 e. The van der Waals surface area contributed by atoms with Crippen molar-refractivity contribution in [1.29, 1.82) is 0 Å². The van der Waals surface area contributed by atoms with E-state index >= 15 is 0 Å². The number of benzene rings is 3. The number of aliphatic imine (C=N–C) groups is 1. The molecule has 0 fully saturated rings. The second-order valence-corrected chi connectivity index (χ2v) is 8.09. The van der Waals surface area contributed by atoms with Crippen LogP contribution in [-0.4, -0.2) is 11.1 Å². The third kappa shape index (κ3) is 5.04. The predicted octanol–water partition coefficient (Wildman–Crippen LogP) is 6.44. The SMILES string of the molecule is Cc1ccc(CSC2=Nc3cc(NC(=O)Nc4cc(F)cc(F)c4)ccc3C2)cc1. The molecule has 0 aliphatic carbocycles. The van der Waals surface area contributed by atoms with E-state index < -0.39 is 17.7 Å². The molecule has 3 aromatic carbocycles. The zero-order valence-electron chi connectivity index (χ0n) is 16.2. The van der Waals surface area contributed by atoms with E-state index in [-0.39, 0.29) is 5.69 Å². The van der Waals surface area contributed by atoms with Gasteiger partial charge >= 0.3 is 6.03 Å². The average Bonchev–Trinajstić information content (AvgIpc) is 3.09. The first-order valence-electron chi connectivity index (χ1n) is 9.37. The van der Waals surface area contributed by atoms with Gasteiger partial charge in [0.15, 0.2) is 0 Å². The molecule has 0 bridgehead atoms. The molecule has 4 nitrogen and oxygen atoms in total. The van der Waals surface area contributed by atoms with Gasteiger partial charge in [0, 0.05) is 29.6 Å². The van der Waals surface area contributed by atoms with Crippen molar-refractivity contribution >= 4 is 39.9 Å². The van der Waals surface area contributed by atoms with E-state index in [0.29, 0.717) is 5.69 Å². The lowest BCUT2D eigenvalue weighted by Crippen LogP contribution is -2.19. The van der Waals surface area contributed by atoms with Crippen molar-refractivity contribution in [3.8, 4) is 0 Å². The summed E-state index contributed by atoms with van der Waals surface area (Å²) < 4.78 is 26.5. The van der Waals surface area contributed by atoms with E-state index in [9.17, 15) is 13.6 Å². The van der Waals surface area contributed by atoms with Gasteiger partial charge in [0.05, 0.1) is 10.7 Å². The predicted molar refractivity (Wildman–Crippen MR) is 119 cm³/mol. The Morgan fingerprint density at radius 3 is 2.40 bits per heavy atom. The fourth-order valence-corrected chi connectivity index (χ4v) is 4.03. The number of aryl methyl sites for hydroxylation is 1. The molecule has 0 atom stereocenters. The Kier molecular flexibility index (Phi) is 5.81. The van der Waals surface area contributed by atoms with Gasteiger partial charge in [-0.2, -0.15) is 0 Å². The molecule has 0 saturated carbocycles. The van der Waals surface area contributed by atoms with E-state index in [2.05, 4.69) is 46.8 Å². The summed E-state index contributed by atoms with van der Waals surface area (Å²) in [6.45, 7) is 2.07. The molecule has 1 aliphatic heterocycles. The standard InChI is InChI=1S/C23H19F2N3OS/c1-14-2-4-15(5-3-14)13-30-22-8-16-6-7-19(12-21(16)28-22)26-23(29)27-20-10-17(24)9-18(25)11-20/h2-7,9-12H,8,13H2,1H3,(H2,26,27,29). The van der Waals surface area contributed by atoms with Gasteiger partial charge in [-0.3, -0.25) is 0 Å². The molecule has 152 valence electrons. The third-order valence-electron chi connectivity index (χ3n) is 4.58. The number of carbonyl (C=O) groups excluding carboxylic acids is 1.